The maximum absolute atomic E-state index is 11.5. The predicted molar refractivity (Wildman–Crippen MR) is 73.5 cm³/mol. The molecule has 0 radical (unpaired) electrons. The first-order valence-electron chi connectivity index (χ1n) is 6.90. The van der Waals surface area contributed by atoms with Crippen LogP contribution in [0.2, 0.25) is 0 Å². The SMILES string of the molecule is CCOC(=O)c1ccc(OCC2CCCNC2)cc1. The molecular weight excluding hydrogens is 242 g/mol. The number of piperidine rings is 1. The maximum atomic E-state index is 11.5. The Morgan fingerprint density at radius 3 is 2.79 bits per heavy atom. The smallest absolute Gasteiger partial charge is 0.338 e. The van der Waals surface area contributed by atoms with Crippen LogP contribution in [0.3, 0.4) is 0 Å². The lowest BCUT2D eigenvalue weighted by Crippen LogP contribution is -2.33. The van der Waals surface area contributed by atoms with Gasteiger partial charge in [-0.2, -0.15) is 0 Å². The molecule has 1 aromatic carbocycles. The van der Waals surface area contributed by atoms with Crippen LogP contribution in [-0.2, 0) is 4.74 Å². The molecule has 1 aromatic rings. The van der Waals surface area contributed by atoms with Crippen molar-refractivity contribution in [3.8, 4) is 5.75 Å². The van der Waals surface area contributed by atoms with Gasteiger partial charge in [-0.3, -0.25) is 0 Å². The van der Waals surface area contributed by atoms with Crippen LogP contribution in [0, 0.1) is 5.92 Å². The molecule has 0 saturated carbocycles. The van der Waals surface area contributed by atoms with Crippen molar-refractivity contribution in [3.05, 3.63) is 29.8 Å². The van der Waals surface area contributed by atoms with E-state index in [1.165, 1.54) is 12.8 Å². The second-order valence-corrected chi connectivity index (χ2v) is 4.77. The number of rotatable bonds is 5. The summed E-state index contributed by atoms with van der Waals surface area (Å²) in [5.74, 6) is 1.10. The number of ether oxygens (including phenoxy) is 2. The number of benzene rings is 1. The van der Waals surface area contributed by atoms with Gasteiger partial charge in [-0.1, -0.05) is 0 Å². The summed E-state index contributed by atoms with van der Waals surface area (Å²) in [6.07, 6.45) is 2.43. The van der Waals surface area contributed by atoms with Crippen molar-refractivity contribution in [1.29, 1.82) is 0 Å². The molecule has 0 aromatic heterocycles. The predicted octanol–water partition coefficient (Wildman–Crippen LogP) is 2.24. The molecule has 4 heteroatoms. The van der Waals surface area contributed by atoms with E-state index in [0.29, 0.717) is 18.1 Å². The van der Waals surface area contributed by atoms with Crippen molar-refractivity contribution in [1.82, 2.24) is 5.32 Å². The summed E-state index contributed by atoms with van der Waals surface area (Å²) in [5, 5.41) is 3.37. The van der Waals surface area contributed by atoms with Crippen molar-refractivity contribution in [2.45, 2.75) is 19.8 Å². The number of esters is 1. The summed E-state index contributed by atoms with van der Waals surface area (Å²) >= 11 is 0. The van der Waals surface area contributed by atoms with E-state index in [0.717, 1.165) is 25.4 Å². The highest BCUT2D eigenvalue weighted by Crippen LogP contribution is 2.16. The third-order valence-electron chi connectivity index (χ3n) is 3.25. The quantitative estimate of drug-likeness (QED) is 0.828. The zero-order valence-electron chi connectivity index (χ0n) is 11.4. The first kappa shape index (κ1) is 13.9. The van der Waals surface area contributed by atoms with Gasteiger partial charge in [0.05, 0.1) is 18.8 Å². The average molecular weight is 263 g/mol. The van der Waals surface area contributed by atoms with E-state index in [-0.39, 0.29) is 5.97 Å². The minimum absolute atomic E-state index is 0.287. The lowest BCUT2D eigenvalue weighted by molar-refractivity contribution is 0.0526. The van der Waals surface area contributed by atoms with Crippen molar-refractivity contribution < 1.29 is 14.3 Å². The van der Waals surface area contributed by atoms with Crippen molar-refractivity contribution >= 4 is 5.97 Å². The first-order valence-corrected chi connectivity index (χ1v) is 6.90. The maximum Gasteiger partial charge on any atom is 0.338 e. The van der Waals surface area contributed by atoms with Crippen LogP contribution in [-0.4, -0.2) is 32.3 Å². The molecule has 1 saturated heterocycles. The molecule has 1 atom stereocenters. The topological polar surface area (TPSA) is 47.6 Å². The van der Waals surface area contributed by atoms with Crippen LogP contribution < -0.4 is 10.1 Å². The summed E-state index contributed by atoms with van der Waals surface area (Å²) in [6.45, 7) is 5.07. The highest BCUT2D eigenvalue weighted by atomic mass is 16.5. The van der Waals surface area contributed by atoms with Crippen LogP contribution in [0.15, 0.2) is 24.3 Å². The Labute approximate surface area is 114 Å². The van der Waals surface area contributed by atoms with Gasteiger partial charge in [0.15, 0.2) is 0 Å². The Morgan fingerprint density at radius 1 is 1.37 bits per heavy atom. The molecule has 1 heterocycles. The Morgan fingerprint density at radius 2 is 2.16 bits per heavy atom. The highest BCUT2D eigenvalue weighted by Gasteiger charge is 2.13. The Kier molecular flexibility index (Phi) is 5.21. The largest absolute Gasteiger partial charge is 0.493 e. The zero-order valence-corrected chi connectivity index (χ0v) is 11.4. The third-order valence-corrected chi connectivity index (χ3v) is 3.25. The molecule has 4 nitrogen and oxygen atoms in total. The standard InChI is InChI=1S/C15H21NO3/c1-2-18-15(17)13-5-7-14(8-6-13)19-11-12-4-3-9-16-10-12/h5-8,12,16H,2-4,9-11H2,1H3. The van der Waals surface area contributed by atoms with E-state index in [1.807, 2.05) is 12.1 Å². The van der Waals surface area contributed by atoms with Gasteiger partial charge in [-0.25, -0.2) is 4.79 Å². The molecule has 0 bridgehead atoms. The van der Waals surface area contributed by atoms with Crippen LogP contribution in [0.1, 0.15) is 30.1 Å². The van der Waals surface area contributed by atoms with Crippen molar-refractivity contribution in [3.63, 3.8) is 0 Å². The van der Waals surface area contributed by atoms with Gasteiger partial charge >= 0.3 is 5.97 Å². The van der Waals surface area contributed by atoms with E-state index in [2.05, 4.69) is 5.32 Å². The zero-order chi connectivity index (χ0) is 13.5. The van der Waals surface area contributed by atoms with Gasteiger partial charge in [-0.05, 0) is 50.6 Å². The van der Waals surface area contributed by atoms with Crippen LogP contribution >= 0.6 is 0 Å². The van der Waals surface area contributed by atoms with Gasteiger partial charge in [0, 0.05) is 12.5 Å². The van der Waals surface area contributed by atoms with E-state index >= 15 is 0 Å². The third kappa shape index (κ3) is 4.24. The monoisotopic (exact) mass is 263 g/mol. The minimum atomic E-state index is -0.287. The molecule has 1 aliphatic rings. The normalized spacial score (nSPS) is 18.9. The number of carbonyl (C=O) groups is 1. The molecule has 104 valence electrons. The minimum Gasteiger partial charge on any atom is -0.493 e. The molecule has 0 aliphatic carbocycles. The van der Waals surface area contributed by atoms with Crippen LogP contribution in [0.4, 0.5) is 0 Å². The first-order chi connectivity index (χ1) is 9.29. The molecule has 1 N–H and O–H groups in total. The average Bonchev–Trinajstić information content (AvgIpc) is 2.47. The van der Waals surface area contributed by atoms with Crippen molar-refractivity contribution in [2.24, 2.45) is 5.92 Å². The number of hydrogen-bond acceptors (Lipinski definition) is 4. The number of nitrogens with one attached hydrogen (secondary N) is 1. The van der Waals surface area contributed by atoms with Gasteiger partial charge in [0.25, 0.3) is 0 Å². The molecule has 0 amide bonds. The van der Waals surface area contributed by atoms with Crippen LogP contribution in [0.5, 0.6) is 5.75 Å². The molecule has 1 unspecified atom stereocenters. The lowest BCUT2D eigenvalue weighted by atomic mass is 10.0. The van der Waals surface area contributed by atoms with E-state index in [1.54, 1.807) is 19.1 Å². The van der Waals surface area contributed by atoms with E-state index in [9.17, 15) is 4.79 Å². The molecule has 2 rings (SSSR count). The number of hydrogen-bond donors (Lipinski definition) is 1. The van der Waals surface area contributed by atoms with Gasteiger partial charge in [-0.15, -0.1) is 0 Å². The van der Waals surface area contributed by atoms with Gasteiger partial charge < -0.3 is 14.8 Å². The molecular formula is C15H21NO3. The second-order valence-electron chi connectivity index (χ2n) is 4.77. The van der Waals surface area contributed by atoms with E-state index < -0.39 is 0 Å². The Balaban J connectivity index is 1.82. The Bertz CT molecular complexity index is 396. The molecule has 19 heavy (non-hydrogen) atoms. The van der Waals surface area contributed by atoms with E-state index in [4.69, 9.17) is 9.47 Å². The van der Waals surface area contributed by atoms with Gasteiger partial charge in [0.1, 0.15) is 5.75 Å². The fraction of sp³-hybridized carbons (Fsp3) is 0.533. The summed E-state index contributed by atoms with van der Waals surface area (Å²) in [7, 11) is 0. The fourth-order valence-corrected chi connectivity index (χ4v) is 2.18. The summed E-state index contributed by atoms with van der Waals surface area (Å²) in [4.78, 5) is 11.5. The van der Waals surface area contributed by atoms with Gasteiger partial charge in [0.2, 0.25) is 0 Å². The Hall–Kier alpha value is -1.55. The van der Waals surface area contributed by atoms with Crippen LogP contribution in [0.25, 0.3) is 0 Å². The summed E-state index contributed by atoms with van der Waals surface area (Å²) in [6, 6.07) is 7.13. The van der Waals surface area contributed by atoms with Crippen molar-refractivity contribution in [2.75, 3.05) is 26.3 Å². The molecule has 1 fully saturated rings. The molecule has 1 aliphatic heterocycles. The fourth-order valence-electron chi connectivity index (χ4n) is 2.18. The molecule has 0 spiro atoms. The number of carbonyl (C=O) groups excluding carboxylic acids is 1. The highest BCUT2D eigenvalue weighted by molar-refractivity contribution is 5.89. The second kappa shape index (κ2) is 7.14. The summed E-state index contributed by atoms with van der Waals surface area (Å²) < 4.78 is 10.7. The summed E-state index contributed by atoms with van der Waals surface area (Å²) in [5.41, 5.74) is 0.563. The lowest BCUT2D eigenvalue weighted by Gasteiger charge is -2.22.